The number of nitrogens with zero attached hydrogens (tertiary/aromatic N) is 5. The van der Waals surface area contributed by atoms with Crippen LogP contribution in [0, 0.1) is 0 Å². The summed E-state index contributed by atoms with van der Waals surface area (Å²) < 4.78 is 7.45. The highest BCUT2D eigenvalue weighted by Gasteiger charge is 2.22. The highest BCUT2D eigenvalue weighted by Crippen LogP contribution is 2.32. The van der Waals surface area contributed by atoms with Gasteiger partial charge in [-0.15, -0.1) is 0 Å². The molecule has 1 N–H and O–H groups in total. The van der Waals surface area contributed by atoms with E-state index in [9.17, 15) is 4.79 Å². The predicted molar refractivity (Wildman–Crippen MR) is 127 cm³/mol. The highest BCUT2D eigenvalue weighted by molar-refractivity contribution is 6.07. The molecule has 4 aromatic rings. The SMILES string of the molecule is CCNC(=O)c1cc2c(N3CCCN(C)CC3)ccnc2n2c1nc1ccc(OC)cc12. The van der Waals surface area contributed by atoms with Gasteiger partial charge in [0, 0.05) is 49.5 Å². The van der Waals surface area contributed by atoms with Gasteiger partial charge in [-0.1, -0.05) is 0 Å². The van der Waals surface area contributed by atoms with Crippen LogP contribution in [0.15, 0.2) is 36.5 Å². The van der Waals surface area contributed by atoms with E-state index in [4.69, 9.17) is 14.7 Å². The van der Waals surface area contributed by atoms with Gasteiger partial charge in [-0.2, -0.15) is 0 Å². The van der Waals surface area contributed by atoms with Crippen LogP contribution >= 0.6 is 0 Å². The summed E-state index contributed by atoms with van der Waals surface area (Å²) in [7, 11) is 3.81. The van der Waals surface area contributed by atoms with Gasteiger partial charge in [0.25, 0.3) is 5.91 Å². The fourth-order valence-electron chi connectivity index (χ4n) is 4.54. The maximum absolute atomic E-state index is 13.1. The molecule has 4 heterocycles. The predicted octanol–water partition coefficient (Wildman–Crippen LogP) is 2.94. The number of hydrogen-bond acceptors (Lipinski definition) is 6. The van der Waals surface area contributed by atoms with Crippen molar-refractivity contribution >= 4 is 39.3 Å². The number of nitrogens with one attached hydrogen (secondary N) is 1. The Balaban J connectivity index is 1.82. The van der Waals surface area contributed by atoms with Crippen LogP contribution in [0.25, 0.3) is 27.7 Å². The Morgan fingerprint density at radius 1 is 1.12 bits per heavy atom. The lowest BCUT2D eigenvalue weighted by molar-refractivity contribution is 0.0957. The second-order valence-electron chi connectivity index (χ2n) is 8.25. The first-order valence-corrected chi connectivity index (χ1v) is 11.1. The van der Waals surface area contributed by atoms with Crippen molar-refractivity contribution in [2.75, 3.05) is 51.8 Å². The van der Waals surface area contributed by atoms with Crippen LogP contribution in [0.1, 0.15) is 23.7 Å². The molecule has 0 bridgehead atoms. The third-order valence-corrected chi connectivity index (χ3v) is 6.19. The van der Waals surface area contributed by atoms with E-state index < -0.39 is 0 Å². The molecule has 0 spiro atoms. The van der Waals surface area contributed by atoms with Gasteiger partial charge in [0.2, 0.25) is 0 Å². The average Bonchev–Trinajstić information content (AvgIpc) is 3.05. The molecule has 1 saturated heterocycles. The van der Waals surface area contributed by atoms with Crippen molar-refractivity contribution in [1.29, 1.82) is 0 Å². The monoisotopic (exact) mass is 432 g/mol. The Morgan fingerprint density at radius 3 is 2.81 bits per heavy atom. The number of fused-ring (bicyclic) bond motifs is 5. The minimum Gasteiger partial charge on any atom is -0.497 e. The second-order valence-corrected chi connectivity index (χ2v) is 8.25. The second kappa shape index (κ2) is 8.27. The lowest BCUT2D eigenvalue weighted by Crippen LogP contribution is -2.29. The molecule has 1 aromatic carbocycles. The van der Waals surface area contributed by atoms with Crippen molar-refractivity contribution in [3.63, 3.8) is 0 Å². The Hall–Kier alpha value is -3.39. The molecule has 0 atom stereocenters. The summed E-state index contributed by atoms with van der Waals surface area (Å²) in [6.07, 6.45) is 2.94. The number of imidazole rings is 1. The molecular weight excluding hydrogens is 404 g/mol. The number of pyridine rings is 2. The lowest BCUT2D eigenvalue weighted by atomic mass is 10.1. The van der Waals surface area contributed by atoms with E-state index in [1.54, 1.807) is 7.11 Å². The summed E-state index contributed by atoms with van der Waals surface area (Å²) in [5, 5.41) is 3.89. The van der Waals surface area contributed by atoms with Crippen molar-refractivity contribution in [1.82, 2.24) is 24.6 Å². The first-order valence-electron chi connectivity index (χ1n) is 11.1. The molecule has 8 heteroatoms. The van der Waals surface area contributed by atoms with Crippen LogP contribution < -0.4 is 15.0 Å². The van der Waals surface area contributed by atoms with Gasteiger partial charge in [-0.05, 0) is 51.2 Å². The third kappa shape index (κ3) is 3.40. The first-order chi connectivity index (χ1) is 15.6. The first kappa shape index (κ1) is 20.5. The molecule has 0 radical (unpaired) electrons. The van der Waals surface area contributed by atoms with Crippen molar-refractivity contribution in [3.05, 3.63) is 42.1 Å². The normalized spacial score (nSPS) is 15.4. The van der Waals surface area contributed by atoms with Gasteiger partial charge in [-0.25, -0.2) is 9.97 Å². The minimum atomic E-state index is -0.132. The fraction of sp³-hybridized carbons (Fsp3) is 0.375. The van der Waals surface area contributed by atoms with E-state index >= 15 is 0 Å². The van der Waals surface area contributed by atoms with Gasteiger partial charge in [0.05, 0.1) is 23.7 Å². The number of carbonyl (C=O) groups is 1. The van der Waals surface area contributed by atoms with Crippen LogP contribution in [-0.4, -0.2) is 72.1 Å². The van der Waals surface area contributed by atoms with Crippen LogP contribution in [0.2, 0.25) is 0 Å². The minimum absolute atomic E-state index is 0.132. The van der Waals surface area contributed by atoms with Gasteiger partial charge >= 0.3 is 0 Å². The summed E-state index contributed by atoms with van der Waals surface area (Å²) in [5.41, 5.74) is 4.72. The number of methoxy groups -OCH3 is 1. The molecule has 0 unspecified atom stereocenters. The third-order valence-electron chi connectivity index (χ3n) is 6.19. The number of ether oxygens (including phenoxy) is 1. The Labute approximate surface area is 186 Å². The summed E-state index contributed by atoms with van der Waals surface area (Å²) in [6, 6.07) is 9.76. The van der Waals surface area contributed by atoms with E-state index in [1.807, 2.05) is 41.8 Å². The topological polar surface area (TPSA) is 75.0 Å². The Bertz CT molecular complexity index is 1310. The molecule has 3 aromatic heterocycles. The molecule has 5 rings (SSSR count). The van der Waals surface area contributed by atoms with Gasteiger partial charge in [-0.3, -0.25) is 9.20 Å². The number of anilines is 1. The average molecular weight is 433 g/mol. The van der Waals surface area contributed by atoms with E-state index in [2.05, 4.69) is 28.2 Å². The maximum atomic E-state index is 13.1. The summed E-state index contributed by atoms with van der Waals surface area (Å²) >= 11 is 0. The van der Waals surface area contributed by atoms with Gasteiger partial charge in [0.1, 0.15) is 11.4 Å². The lowest BCUT2D eigenvalue weighted by Gasteiger charge is -2.24. The molecule has 8 nitrogen and oxygen atoms in total. The van der Waals surface area contributed by atoms with Crippen molar-refractivity contribution in [2.45, 2.75) is 13.3 Å². The number of likely N-dealkylation sites (N-methyl/N-ethyl adjacent to an activating group) is 1. The molecule has 1 aliphatic heterocycles. The van der Waals surface area contributed by atoms with E-state index in [-0.39, 0.29) is 5.91 Å². The Kier molecular flexibility index (Phi) is 5.30. The highest BCUT2D eigenvalue weighted by atomic mass is 16.5. The zero-order valence-corrected chi connectivity index (χ0v) is 18.8. The summed E-state index contributed by atoms with van der Waals surface area (Å²) in [6.45, 7) is 6.46. The molecule has 1 fully saturated rings. The van der Waals surface area contributed by atoms with E-state index in [0.717, 1.165) is 66.1 Å². The largest absolute Gasteiger partial charge is 0.497 e. The Morgan fingerprint density at radius 2 is 2.00 bits per heavy atom. The standard InChI is InChI=1S/C24H28N6O2/c1-4-25-24(31)18-15-17-20(29-11-5-10-28(2)12-13-29)8-9-26-22(17)30-21-14-16(32-3)6-7-19(21)27-23(18)30/h6-9,14-15H,4-5,10-13H2,1-3H3,(H,25,31). The smallest absolute Gasteiger partial charge is 0.255 e. The molecular formula is C24H28N6O2. The molecule has 0 aliphatic carbocycles. The molecule has 0 saturated carbocycles. The summed E-state index contributed by atoms with van der Waals surface area (Å²) in [5.74, 6) is 0.606. The van der Waals surface area contributed by atoms with Crippen molar-refractivity contribution < 1.29 is 9.53 Å². The van der Waals surface area contributed by atoms with Crippen molar-refractivity contribution in [2.24, 2.45) is 0 Å². The van der Waals surface area contributed by atoms with Gasteiger partial charge < -0.3 is 19.9 Å². The maximum Gasteiger partial charge on any atom is 0.255 e. The molecule has 32 heavy (non-hydrogen) atoms. The quantitative estimate of drug-likeness (QED) is 0.535. The zero-order chi connectivity index (χ0) is 22.2. The van der Waals surface area contributed by atoms with Crippen LogP contribution in [0.3, 0.4) is 0 Å². The van der Waals surface area contributed by atoms with Crippen LogP contribution in [0.4, 0.5) is 5.69 Å². The van der Waals surface area contributed by atoms with E-state index in [0.29, 0.717) is 17.8 Å². The fourth-order valence-corrected chi connectivity index (χ4v) is 4.54. The summed E-state index contributed by atoms with van der Waals surface area (Å²) in [4.78, 5) is 27.4. The number of carbonyl (C=O) groups excluding carboxylic acids is 1. The number of amides is 1. The number of rotatable bonds is 4. The van der Waals surface area contributed by atoms with Crippen LogP contribution in [-0.2, 0) is 0 Å². The number of aromatic nitrogens is 3. The number of benzene rings is 1. The molecule has 166 valence electrons. The van der Waals surface area contributed by atoms with Gasteiger partial charge in [0.15, 0.2) is 5.65 Å². The van der Waals surface area contributed by atoms with Crippen LogP contribution in [0.5, 0.6) is 5.75 Å². The molecule has 1 aliphatic rings. The number of hydrogen-bond donors (Lipinski definition) is 1. The zero-order valence-electron chi connectivity index (χ0n) is 18.8. The van der Waals surface area contributed by atoms with Crippen molar-refractivity contribution in [3.8, 4) is 5.75 Å². The van der Waals surface area contributed by atoms with E-state index in [1.165, 1.54) is 0 Å². The molecule has 1 amide bonds.